The first-order valence-electron chi connectivity index (χ1n) is 11.2. The molecular formula is C26H32INO. The SMILES string of the molecule is CCC[C@H]1[C@@H]2CCc3cc(OC)ccc3[C@@]23CC[C@]1(C)CN3c1cccc(I)c1. The zero-order valence-corrected chi connectivity index (χ0v) is 20.0. The van der Waals surface area contributed by atoms with Gasteiger partial charge in [-0.15, -0.1) is 0 Å². The Bertz CT molecular complexity index is 927. The van der Waals surface area contributed by atoms with E-state index in [2.05, 4.69) is 83.8 Å². The van der Waals surface area contributed by atoms with E-state index in [-0.39, 0.29) is 5.54 Å². The smallest absolute Gasteiger partial charge is 0.119 e. The van der Waals surface area contributed by atoms with Gasteiger partial charge < -0.3 is 9.64 Å². The summed E-state index contributed by atoms with van der Waals surface area (Å²) in [5.41, 5.74) is 5.06. The number of hydrogen-bond donors (Lipinski definition) is 0. The summed E-state index contributed by atoms with van der Waals surface area (Å²) in [6, 6.07) is 16.1. The van der Waals surface area contributed by atoms with Crippen LogP contribution in [0.1, 0.15) is 57.1 Å². The summed E-state index contributed by atoms with van der Waals surface area (Å²) in [6.07, 6.45) is 7.79. The standard InChI is InChI=1S/C26H32INO/c1-4-6-23-24-11-9-18-15-21(29-3)10-12-22(18)26(24)14-13-25(23,2)17-28(26)20-8-5-7-19(27)16-20/h5,7-8,10,12,15-16,23-24H,4,6,9,11,13-14,17H2,1-3H3/t23-,24-,25+,26-/m0/s1. The lowest BCUT2D eigenvalue weighted by molar-refractivity contribution is -0.0641. The van der Waals surface area contributed by atoms with E-state index < -0.39 is 0 Å². The largest absolute Gasteiger partial charge is 0.497 e. The van der Waals surface area contributed by atoms with Crippen LogP contribution in [-0.4, -0.2) is 13.7 Å². The Morgan fingerprint density at radius 3 is 2.79 bits per heavy atom. The predicted octanol–water partition coefficient (Wildman–Crippen LogP) is 6.79. The van der Waals surface area contributed by atoms with Gasteiger partial charge in [-0.2, -0.15) is 0 Å². The number of methoxy groups -OCH3 is 1. The predicted molar refractivity (Wildman–Crippen MR) is 129 cm³/mol. The Morgan fingerprint density at radius 1 is 1.17 bits per heavy atom. The highest BCUT2D eigenvalue weighted by Crippen LogP contribution is 2.65. The van der Waals surface area contributed by atoms with Crippen molar-refractivity contribution >= 4 is 28.3 Å². The van der Waals surface area contributed by atoms with Crippen LogP contribution in [0.25, 0.3) is 0 Å². The second-order valence-corrected chi connectivity index (χ2v) is 11.0. The molecule has 6 rings (SSSR count). The minimum Gasteiger partial charge on any atom is -0.497 e. The third kappa shape index (κ3) is 2.86. The van der Waals surface area contributed by atoms with Gasteiger partial charge in [0.05, 0.1) is 12.6 Å². The number of anilines is 1. The lowest BCUT2D eigenvalue weighted by Crippen LogP contribution is -2.69. The van der Waals surface area contributed by atoms with Crippen molar-refractivity contribution in [1.29, 1.82) is 0 Å². The van der Waals surface area contributed by atoms with Gasteiger partial charge in [-0.3, -0.25) is 0 Å². The molecule has 2 aliphatic carbocycles. The fraction of sp³-hybridized carbons (Fsp3) is 0.538. The second kappa shape index (κ2) is 7.18. The van der Waals surface area contributed by atoms with Gasteiger partial charge in [0.2, 0.25) is 0 Å². The number of rotatable bonds is 4. The average Bonchev–Trinajstić information content (AvgIpc) is 2.74. The van der Waals surface area contributed by atoms with Crippen molar-refractivity contribution in [3.63, 3.8) is 0 Å². The molecule has 2 nitrogen and oxygen atoms in total. The number of benzene rings is 2. The summed E-state index contributed by atoms with van der Waals surface area (Å²) in [6.45, 7) is 6.14. The van der Waals surface area contributed by atoms with Crippen LogP contribution in [0.5, 0.6) is 5.75 Å². The van der Waals surface area contributed by atoms with E-state index in [0.717, 1.165) is 17.6 Å². The molecule has 2 aromatic rings. The molecule has 4 atom stereocenters. The van der Waals surface area contributed by atoms with E-state index >= 15 is 0 Å². The Kier molecular flexibility index (Phi) is 4.88. The summed E-state index contributed by atoms with van der Waals surface area (Å²) >= 11 is 2.46. The zero-order valence-electron chi connectivity index (χ0n) is 17.9. The molecule has 2 heterocycles. The topological polar surface area (TPSA) is 12.5 Å². The Balaban J connectivity index is 1.71. The third-order valence-electron chi connectivity index (χ3n) is 8.30. The van der Waals surface area contributed by atoms with E-state index in [1.54, 1.807) is 12.7 Å². The molecule has 2 aliphatic heterocycles. The fourth-order valence-electron chi connectivity index (χ4n) is 7.08. The summed E-state index contributed by atoms with van der Waals surface area (Å²) < 4.78 is 6.91. The molecule has 0 radical (unpaired) electrons. The minimum atomic E-state index is 0.141. The molecule has 154 valence electrons. The Hall–Kier alpha value is -1.23. The van der Waals surface area contributed by atoms with Crippen molar-refractivity contribution in [1.82, 2.24) is 0 Å². The summed E-state index contributed by atoms with van der Waals surface area (Å²) in [5.74, 6) is 2.57. The summed E-state index contributed by atoms with van der Waals surface area (Å²) in [4.78, 5) is 2.82. The van der Waals surface area contributed by atoms with Gasteiger partial charge in [0.1, 0.15) is 5.75 Å². The molecule has 2 aromatic carbocycles. The van der Waals surface area contributed by atoms with Gasteiger partial charge in [0.15, 0.2) is 0 Å². The van der Waals surface area contributed by atoms with Crippen LogP contribution in [0.15, 0.2) is 42.5 Å². The molecule has 0 N–H and O–H groups in total. The van der Waals surface area contributed by atoms with Gasteiger partial charge in [-0.05, 0) is 113 Å². The molecule has 0 aromatic heterocycles. The molecular weight excluding hydrogens is 469 g/mol. The molecule has 1 spiro atoms. The van der Waals surface area contributed by atoms with Crippen LogP contribution >= 0.6 is 22.6 Å². The van der Waals surface area contributed by atoms with Gasteiger partial charge >= 0.3 is 0 Å². The first-order valence-corrected chi connectivity index (χ1v) is 12.3. The number of aryl methyl sites for hydroxylation is 1. The van der Waals surface area contributed by atoms with Crippen LogP contribution in [0.4, 0.5) is 5.69 Å². The van der Waals surface area contributed by atoms with Crippen LogP contribution in [0, 0.1) is 20.8 Å². The minimum absolute atomic E-state index is 0.141. The second-order valence-electron chi connectivity index (χ2n) is 9.71. The van der Waals surface area contributed by atoms with Gasteiger partial charge in [-0.1, -0.05) is 32.4 Å². The summed E-state index contributed by atoms with van der Waals surface area (Å²) in [5, 5.41) is 0. The highest BCUT2D eigenvalue weighted by atomic mass is 127. The number of hydrogen-bond acceptors (Lipinski definition) is 2. The lowest BCUT2D eigenvalue weighted by atomic mass is 9.46. The van der Waals surface area contributed by atoms with Gasteiger partial charge in [0, 0.05) is 15.8 Å². The van der Waals surface area contributed by atoms with E-state index in [1.165, 1.54) is 59.9 Å². The number of fused-ring (bicyclic) bond motifs is 3. The van der Waals surface area contributed by atoms with Crippen molar-refractivity contribution in [2.75, 3.05) is 18.6 Å². The molecule has 3 heteroatoms. The molecule has 4 aliphatic rings. The average molecular weight is 501 g/mol. The molecule has 3 fully saturated rings. The van der Waals surface area contributed by atoms with E-state index in [4.69, 9.17) is 4.74 Å². The summed E-state index contributed by atoms with van der Waals surface area (Å²) in [7, 11) is 1.79. The maximum absolute atomic E-state index is 5.58. The molecule has 29 heavy (non-hydrogen) atoms. The molecule has 0 amide bonds. The fourth-order valence-corrected chi connectivity index (χ4v) is 7.61. The van der Waals surface area contributed by atoms with Crippen LogP contribution in [-0.2, 0) is 12.0 Å². The molecule has 0 unspecified atom stereocenters. The third-order valence-corrected chi connectivity index (χ3v) is 8.97. The van der Waals surface area contributed by atoms with Crippen LogP contribution in [0.3, 0.4) is 0 Å². The molecule has 1 saturated carbocycles. The first kappa shape index (κ1) is 19.7. The first-order chi connectivity index (χ1) is 14.0. The number of piperidine rings is 2. The Labute approximate surface area is 189 Å². The quantitative estimate of drug-likeness (QED) is 0.428. The van der Waals surface area contributed by atoms with E-state index in [0.29, 0.717) is 5.41 Å². The monoisotopic (exact) mass is 501 g/mol. The van der Waals surface area contributed by atoms with Gasteiger partial charge in [-0.25, -0.2) is 0 Å². The van der Waals surface area contributed by atoms with Crippen molar-refractivity contribution in [3.8, 4) is 5.75 Å². The van der Waals surface area contributed by atoms with Crippen molar-refractivity contribution in [3.05, 3.63) is 57.2 Å². The van der Waals surface area contributed by atoms with E-state index in [1.807, 2.05) is 0 Å². The van der Waals surface area contributed by atoms with Gasteiger partial charge in [0.25, 0.3) is 0 Å². The normalized spacial score (nSPS) is 32.6. The van der Waals surface area contributed by atoms with Crippen molar-refractivity contribution in [2.24, 2.45) is 17.3 Å². The van der Waals surface area contributed by atoms with Crippen LogP contribution < -0.4 is 9.64 Å². The lowest BCUT2D eigenvalue weighted by Gasteiger charge is -2.69. The van der Waals surface area contributed by atoms with Crippen molar-refractivity contribution < 1.29 is 4.74 Å². The number of halogens is 1. The Morgan fingerprint density at radius 2 is 2.03 bits per heavy atom. The molecule has 2 saturated heterocycles. The molecule has 2 bridgehead atoms. The number of nitrogens with zero attached hydrogens (tertiary/aromatic N) is 1. The highest BCUT2D eigenvalue weighted by molar-refractivity contribution is 14.1. The van der Waals surface area contributed by atoms with Crippen molar-refractivity contribution in [2.45, 2.75) is 57.9 Å². The zero-order chi connectivity index (χ0) is 20.2. The maximum atomic E-state index is 5.58. The maximum Gasteiger partial charge on any atom is 0.119 e. The number of ether oxygens (including phenoxy) is 1. The van der Waals surface area contributed by atoms with Crippen LogP contribution in [0.2, 0.25) is 0 Å². The van der Waals surface area contributed by atoms with E-state index in [9.17, 15) is 0 Å². The highest BCUT2D eigenvalue weighted by Gasteiger charge is 2.63.